The summed E-state index contributed by atoms with van der Waals surface area (Å²) < 4.78 is 5.58. The van der Waals surface area contributed by atoms with Gasteiger partial charge in [0.05, 0.1) is 11.5 Å². The third-order valence-corrected chi connectivity index (χ3v) is 3.26. The van der Waals surface area contributed by atoms with Crippen LogP contribution in [0.5, 0.6) is 5.75 Å². The molecule has 0 radical (unpaired) electrons. The molecule has 0 unspecified atom stereocenters. The highest BCUT2D eigenvalue weighted by Crippen LogP contribution is 2.30. The molecule has 5 nitrogen and oxygen atoms in total. The fraction of sp³-hybridized carbons (Fsp3) is 0.462. The number of benzene rings is 1. The Morgan fingerprint density at radius 3 is 2.78 bits per heavy atom. The molecule has 0 bridgehead atoms. The van der Waals surface area contributed by atoms with Crippen LogP contribution in [0.15, 0.2) is 18.2 Å². The Labute approximate surface area is 105 Å². The minimum absolute atomic E-state index is 0.0143. The first-order valence-corrected chi connectivity index (χ1v) is 6.02. The zero-order valence-corrected chi connectivity index (χ0v) is 9.96. The van der Waals surface area contributed by atoms with Gasteiger partial charge in [0.2, 0.25) is 0 Å². The summed E-state index contributed by atoms with van der Waals surface area (Å²) in [6.45, 7) is 0.538. The van der Waals surface area contributed by atoms with E-state index >= 15 is 0 Å². The van der Waals surface area contributed by atoms with E-state index in [-0.39, 0.29) is 11.3 Å². The van der Waals surface area contributed by atoms with Gasteiger partial charge in [-0.2, -0.15) is 5.26 Å². The second-order valence-electron chi connectivity index (χ2n) is 4.48. The van der Waals surface area contributed by atoms with E-state index in [4.69, 9.17) is 10.00 Å². The molecule has 94 valence electrons. The van der Waals surface area contributed by atoms with Gasteiger partial charge < -0.3 is 4.74 Å². The van der Waals surface area contributed by atoms with Crippen LogP contribution in [0, 0.1) is 27.4 Å². The van der Waals surface area contributed by atoms with Crippen molar-refractivity contribution in [3.8, 4) is 11.8 Å². The van der Waals surface area contributed by atoms with Crippen molar-refractivity contribution in [3.63, 3.8) is 0 Å². The zero-order valence-electron chi connectivity index (χ0n) is 9.96. The van der Waals surface area contributed by atoms with Crippen molar-refractivity contribution in [3.05, 3.63) is 33.9 Å². The van der Waals surface area contributed by atoms with Crippen molar-refractivity contribution in [1.82, 2.24) is 0 Å². The minimum Gasteiger partial charge on any atom is -0.492 e. The zero-order chi connectivity index (χ0) is 13.0. The Morgan fingerprint density at radius 1 is 1.44 bits per heavy atom. The van der Waals surface area contributed by atoms with Gasteiger partial charge in [-0.15, -0.1) is 0 Å². The predicted molar refractivity (Wildman–Crippen MR) is 65.3 cm³/mol. The fourth-order valence-corrected chi connectivity index (χ4v) is 2.29. The van der Waals surface area contributed by atoms with Gasteiger partial charge in [-0.25, -0.2) is 0 Å². The molecule has 0 saturated heterocycles. The van der Waals surface area contributed by atoms with Crippen molar-refractivity contribution in [2.45, 2.75) is 25.7 Å². The van der Waals surface area contributed by atoms with Crippen LogP contribution in [0.1, 0.15) is 31.2 Å². The molecule has 0 heterocycles. The number of nitriles is 1. The predicted octanol–water partition coefficient (Wildman–Crippen LogP) is 3.04. The lowest BCUT2D eigenvalue weighted by Gasteiger charge is -2.12. The van der Waals surface area contributed by atoms with E-state index in [0.29, 0.717) is 18.3 Å². The monoisotopic (exact) mass is 246 g/mol. The number of hydrogen-bond donors (Lipinski definition) is 0. The quantitative estimate of drug-likeness (QED) is 0.604. The van der Waals surface area contributed by atoms with Crippen LogP contribution in [0.4, 0.5) is 5.69 Å². The van der Waals surface area contributed by atoms with Gasteiger partial charge in [0, 0.05) is 6.07 Å². The molecule has 0 spiro atoms. The lowest BCUT2D eigenvalue weighted by molar-refractivity contribution is -0.385. The summed E-state index contributed by atoms with van der Waals surface area (Å²) in [5.41, 5.74) is -0.179. The number of nitro benzene ring substituents is 1. The van der Waals surface area contributed by atoms with Crippen molar-refractivity contribution >= 4 is 5.69 Å². The van der Waals surface area contributed by atoms with Gasteiger partial charge in [-0.3, -0.25) is 10.1 Å². The highest BCUT2D eigenvalue weighted by molar-refractivity contribution is 5.56. The summed E-state index contributed by atoms with van der Waals surface area (Å²) in [6, 6.07) is 6.33. The van der Waals surface area contributed by atoms with Gasteiger partial charge in [0.1, 0.15) is 11.8 Å². The molecular weight excluding hydrogens is 232 g/mol. The standard InChI is InChI=1S/C13H14N2O3/c14-8-11-12(15(16)17)6-3-7-13(11)18-9-10-4-1-2-5-10/h3,6-7,10H,1-2,4-5,9H2. The minimum atomic E-state index is -0.555. The molecule has 0 N–H and O–H groups in total. The topological polar surface area (TPSA) is 76.2 Å². The summed E-state index contributed by atoms with van der Waals surface area (Å²) in [6.07, 6.45) is 4.70. The highest BCUT2D eigenvalue weighted by atomic mass is 16.6. The summed E-state index contributed by atoms with van der Waals surface area (Å²) >= 11 is 0. The molecule has 18 heavy (non-hydrogen) atoms. The van der Waals surface area contributed by atoms with Crippen LogP contribution in [-0.4, -0.2) is 11.5 Å². The molecule has 0 atom stereocenters. The van der Waals surface area contributed by atoms with E-state index in [1.54, 1.807) is 12.1 Å². The molecule has 1 aliphatic carbocycles. The first kappa shape index (κ1) is 12.4. The lowest BCUT2D eigenvalue weighted by Crippen LogP contribution is -2.09. The van der Waals surface area contributed by atoms with Crippen molar-refractivity contribution in [1.29, 1.82) is 5.26 Å². The Morgan fingerprint density at radius 2 is 2.17 bits per heavy atom. The second kappa shape index (κ2) is 5.50. The molecule has 1 aliphatic rings. The van der Waals surface area contributed by atoms with Gasteiger partial charge in [0.25, 0.3) is 5.69 Å². The van der Waals surface area contributed by atoms with Crippen LogP contribution in [0.25, 0.3) is 0 Å². The summed E-state index contributed by atoms with van der Waals surface area (Å²) in [4.78, 5) is 10.2. The second-order valence-corrected chi connectivity index (χ2v) is 4.48. The Balaban J connectivity index is 2.14. The number of nitrogens with zero attached hydrogens (tertiary/aromatic N) is 2. The maximum Gasteiger partial charge on any atom is 0.290 e. The van der Waals surface area contributed by atoms with Gasteiger partial charge >= 0.3 is 0 Å². The maximum atomic E-state index is 10.8. The van der Waals surface area contributed by atoms with Crippen LogP contribution in [0.2, 0.25) is 0 Å². The van der Waals surface area contributed by atoms with E-state index in [1.165, 1.54) is 18.9 Å². The Kier molecular flexibility index (Phi) is 3.78. The normalized spacial score (nSPS) is 15.3. The van der Waals surface area contributed by atoms with Crippen LogP contribution in [-0.2, 0) is 0 Å². The molecule has 0 aromatic heterocycles. The number of nitro groups is 1. The molecule has 0 aliphatic heterocycles. The summed E-state index contributed by atoms with van der Waals surface area (Å²) in [7, 11) is 0. The van der Waals surface area contributed by atoms with E-state index < -0.39 is 4.92 Å². The van der Waals surface area contributed by atoms with Crippen molar-refractivity contribution in [2.75, 3.05) is 6.61 Å². The molecule has 0 amide bonds. The van der Waals surface area contributed by atoms with Crippen LogP contribution < -0.4 is 4.74 Å². The van der Waals surface area contributed by atoms with Crippen LogP contribution >= 0.6 is 0 Å². The van der Waals surface area contributed by atoms with Gasteiger partial charge in [-0.1, -0.05) is 18.9 Å². The van der Waals surface area contributed by atoms with Crippen molar-refractivity contribution in [2.24, 2.45) is 5.92 Å². The van der Waals surface area contributed by atoms with E-state index in [1.807, 2.05) is 6.07 Å². The third kappa shape index (κ3) is 2.59. The molecule has 1 aromatic carbocycles. The fourth-order valence-electron chi connectivity index (χ4n) is 2.29. The molecule has 1 aromatic rings. The molecule has 5 heteroatoms. The average molecular weight is 246 g/mol. The van der Waals surface area contributed by atoms with Gasteiger partial charge in [-0.05, 0) is 24.8 Å². The maximum absolute atomic E-state index is 10.8. The summed E-state index contributed by atoms with van der Waals surface area (Å²) in [5, 5.41) is 19.8. The molecular formula is C13H14N2O3. The molecule has 1 saturated carbocycles. The van der Waals surface area contributed by atoms with E-state index in [2.05, 4.69) is 0 Å². The van der Waals surface area contributed by atoms with Gasteiger partial charge in [0.15, 0.2) is 5.56 Å². The first-order chi connectivity index (χ1) is 8.72. The largest absolute Gasteiger partial charge is 0.492 e. The Bertz CT molecular complexity index is 487. The lowest BCUT2D eigenvalue weighted by atomic mass is 10.1. The van der Waals surface area contributed by atoms with E-state index in [0.717, 1.165) is 12.8 Å². The Hall–Kier alpha value is -2.09. The first-order valence-electron chi connectivity index (χ1n) is 6.02. The highest BCUT2D eigenvalue weighted by Gasteiger charge is 2.20. The molecule has 1 fully saturated rings. The number of ether oxygens (including phenoxy) is 1. The smallest absolute Gasteiger partial charge is 0.290 e. The third-order valence-electron chi connectivity index (χ3n) is 3.26. The average Bonchev–Trinajstić information content (AvgIpc) is 2.88. The van der Waals surface area contributed by atoms with E-state index in [9.17, 15) is 10.1 Å². The molecule has 2 rings (SSSR count). The number of hydrogen-bond acceptors (Lipinski definition) is 4. The summed E-state index contributed by atoms with van der Waals surface area (Å²) in [5.74, 6) is 0.828. The van der Waals surface area contributed by atoms with Crippen molar-refractivity contribution < 1.29 is 9.66 Å². The SMILES string of the molecule is N#Cc1c(OCC2CCCC2)cccc1[N+](=O)[O-]. The van der Waals surface area contributed by atoms with Crippen LogP contribution in [0.3, 0.4) is 0 Å². The number of rotatable bonds is 4.